The number of nitrogens with zero attached hydrogens (tertiary/aromatic N) is 1. The standard InChI is InChI=1S/C7H15N.C6H12.19Y/c1-7(2)5-6-8(3)4;1-5(2)6(3)4;;;;;;;;;;;;;;;;;;;/h7H,3-6H2,1-2H3;5-6H,1-2H2,3-4H3;;;;;;;;;;;;;;;;;;;/q2*-2;;;;;;;;;;;;;;;;;;;. The Kier molecular flexibility index (Phi) is 494. The Hall–Kier alpha value is 20.9. The quantitative estimate of drug-likeness (QED) is 0.388. The zero-order valence-electron chi connectivity index (χ0n) is 21.4. The normalized spacial score (nSPS) is 4.73. The van der Waals surface area contributed by atoms with Gasteiger partial charge in [0, 0.05) is 621 Å². The second kappa shape index (κ2) is 117. The second-order valence-corrected chi connectivity index (χ2v) is 4.58. The molecule has 0 atom stereocenters. The van der Waals surface area contributed by atoms with E-state index in [1.165, 1.54) is 6.42 Å². The summed E-state index contributed by atoms with van der Waals surface area (Å²) in [7, 11) is 7.27. The zero-order valence-corrected chi connectivity index (χ0v) is 75.3. The minimum Gasteiger partial charge on any atom is -0.611 e. The van der Waals surface area contributed by atoms with Crippen molar-refractivity contribution in [2.45, 2.75) is 34.1 Å². The van der Waals surface area contributed by atoms with Crippen molar-refractivity contribution in [2.75, 3.05) is 6.54 Å². The molecule has 0 aliphatic carbocycles. The maximum atomic E-state index is 3.73. The first-order valence-corrected chi connectivity index (χ1v) is 5.32. The van der Waals surface area contributed by atoms with Crippen molar-refractivity contribution < 1.29 is 621 Å². The molecule has 0 heterocycles. The summed E-state index contributed by atoms with van der Waals surface area (Å²) in [5.41, 5.74) is 0. The first kappa shape index (κ1) is 139. The topological polar surface area (TPSA) is 3.24 Å². The molecule has 0 aromatic heterocycles. The predicted molar refractivity (Wildman–Crippen MR) is 65.9 cm³/mol. The summed E-state index contributed by atoms with van der Waals surface area (Å²) in [6.45, 7) is 17.1. The van der Waals surface area contributed by atoms with Gasteiger partial charge in [0.1, 0.15) is 0 Å². The van der Waals surface area contributed by atoms with E-state index in [1.54, 1.807) is 4.90 Å². The van der Waals surface area contributed by atoms with Gasteiger partial charge >= 0.3 is 0 Å². The summed E-state index contributed by atoms with van der Waals surface area (Å²) in [5.74, 6) is 1.75. The summed E-state index contributed by atoms with van der Waals surface area (Å²) in [6, 6.07) is 0. The van der Waals surface area contributed by atoms with Gasteiger partial charge in [-0.15, -0.1) is 0 Å². The SMILES string of the molecule is [CH2-]C([CH2-])C(C)C.[CH2-]N([CH2-])CCC(C)C.[Y].[Y].[Y].[Y].[Y].[Y].[Y].[Y].[Y].[Y].[Y].[Y].[Y].[Y].[Y].[Y].[Y].[Y].[Y]. The van der Waals surface area contributed by atoms with E-state index >= 15 is 0 Å². The monoisotopic (exact) mass is 1890 g/mol. The summed E-state index contributed by atoms with van der Waals surface area (Å²) in [5, 5.41) is 0. The van der Waals surface area contributed by atoms with E-state index in [-0.39, 0.29) is 621 Å². The fraction of sp³-hybridized carbons (Fsp3) is 0.692. The van der Waals surface area contributed by atoms with Crippen LogP contribution in [0.2, 0.25) is 0 Å². The Labute approximate surface area is 688 Å². The van der Waals surface area contributed by atoms with Gasteiger partial charge in [-0.05, 0) is 12.3 Å². The third-order valence-electron chi connectivity index (χ3n) is 1.97. The van der Waals surface area contributed by atoms with E-state index in [0.29, 0.717) is 11.8 Å². The van der Waals surface area contributed by atoms with Crippen molar-refractivity contribution in [1.82, 2.24) is 4.90 Å². The van der Waals surface area contributed by atoms with Crippen LogP contribution in [0.3, 0.4) is 0 Å². The number of rotatable bonds is 4. The van der Waals surface area contributed by atoms with Crippen molar-refractivity contribution in [2.24, 2.45) is 17.8 Å². The van der Waals surface area contributed by atoms with Gasteiger partial charge in [0.25, 0.3) is 0 Å². The molecule has 0 spiro atoms. The molecule has 0 N–H and O–H groups in total. The summed E-state index contributed by atoms with van der Waals surface area (Å²) in [4.78, 5) is 1.72. The number of hydrogen-bond acceptors (Lipinski definition) is 1. The molecular formula is C13H27NY19-4. The van der Waals surface area contributed by atoms with Crippen molar-refractivity contribution in [1.29, 1.82) is 0 Å². The van der Waals surface area contributed by atoms with Crippen LogP contribution in [-0.4, -0.2) is 11.4 Å². The maximum Gasteiger partial charge on any atom is 0 e. The van der Waals surface area contributed by atoms with Crippen molar-refractivity contribution in [3.05, 3.63) is 27.9 Å². The van der Waals surface area contributed by atoms with E-state index in [9.17, 15) is 0 Å². The van der Waals surface area contributed by atoms with Gasteiger partial charge in [-0.3, -0.25) is 0 Å². The molecule has 145 valence electrons. The van der Waals surface area contributed by atoms with Gasteiger partial charge in [-0.1, -0.05) is 40.2 Å². The molecule has 0 aromatic carbocycles. The molecule has 0 saturated carbocycles. The van der Waals surface area contributed by atoms with Gasteiger partial charge < -0.3 is 38.8 Å². The molecule has 1 nitrogen and oxygen atoms in total. The molecule has 0 aliphatic heterocycles. The molecule has 33 heavy (non-hydrogen) atoms. The van der Waals surface area contributed by atoms with Crippen LogP contribution in [0, 0.1) is 45.7 Å². The van der Waals surface area contributed by atoms with Crippen LogP contribution < -0.4 is 0 Å². The molecule has 0 amide bonds. The van der Waals surface area contributed by atoms with Crippen molar-refractivity contribution in [3.8, 4) is 0 Å². The molecule has 0 bridgehead atoms. The Morgan fingerprint density at radius 1 is 0.455 bits per heavy atom. The van der Waals surface area contributed by atoms with E-state index in [1.807, 2.05) is 0 Å². The average molecular weight is 1890 g/mol. The summed E-state index contributed by atoms with van der Waals surface area (Å²) >= 11 is 0. The third kappa shape index (κ3) is 153. The van der Waals surface area contributed by atoms with Gasteiger partial charge in [0.15, 0.2) is 0 Å². The molecule has 0 unspecified atom stereocenters. The van der Waals surface area contributed by atoms with E-state index in [2.05, 4.69) is 55.6 Å². The molecule has 0 aliphatic rings. The van der Waals surface area contributed by atoms with Crippen molar-refractivity contribution in [3.63, 3.8) is 0 Å². The fourth-order valence-corrected chi connectivity index (χ4v) is 0.441. The van der Waals surface area contributed by atoms with Gasteiger partial charge in [0.05, 0.1) is 0 Å². The minimum atomic E-state index is 0. The van der Waals surface area contributed by atoms with Crippen molar-refractivity contribution >= 4 is 0 Å². The molecule has 19 radical (unpaired) electrons. The van der Waals surface area contributed by atoms with Crippen LogP contribution in [0.5, 0.6) is 0 Å². The van der Waals surface area contributed by atoms with Crippen LogP contribution in [0.15, 0.2) is 0 Å². The molecular weight excluding hydrogens is 1860 g/mol. The van der Waals surface area contributed by atoms with Gasteiger partial charge in [-0.25, -0.2) is 0 Å². The number of hydrogen-bond donors (Lipinski definition) is 0. The minimum absolute atomic E-state index is 0. The van der Waals surface area contributed by atoms with Gasteiger partial charge in [-0.2, -0.15) is 0 Å². The van der Waals surface area contributed by atoms with Gasteiger partial charge in [0.2, 0.25) is 0 Å². The smallest absolute Gasteiger partial charge is 0 e. The van der Waals surface area contributed by atoms with Crippen LogP contribution in [0.25, 0.3) is 0 Å². The maximum absolute atomic E-state index is 3.73. The van der Waals surface area contributed by atoms with E-state index in [4.69, 9.17) is 0 Å². The molecule has 0 rings (SSSR count). The Morgan fingerprint density at radius 3 is 0.636 bits per heavy atom. The first-order valence-electron chi connectivity index (χ1n) is 5.32. The fourth-order valence-electron chi connectivity index (χ4n) is 0.441. The Bertz CT molecular complexity index is 122. The molecule has 0 aromatic rings. The second-order valence-electron chi connectivity index (χ2n) is 4.58. The third-order valence-corrected chi connectivity index (χ3v) is 1.97. The van der Waals surface area contributed by atoms with Crippen LogP contribution in [0.1, 0.15) is 34.1 Å². The first-order chi connectivity index (χ1) is 6.27. The molecule has 0 saturated heterocycles. The summed E-state index contributed by atoms with van der Waals surface area (Å²) < 4.78 is 0. The average Bonchev–Trinajstić information content (AvgIpc) is 2.01. The van der Waals surface area contributed by atoms with E-state index in [0.717, 1.165) is 12.5 Å². The zero-order chi connectivity index (χ0) is 11.7. The van der Waals surface area contributed by atoms with Crippen LogP contribution in [0.4, 0.5) is 0 Å². The Morgan fingerprint density at radius 2 is 0.606 bits per heavy atom. The van der Waals surface area contributed by atoms with E-state index < -0.39 is 0 Å². The largest absolute Gasteiger partial charge is 0.611 e. The predicted octanol–water partition coefficient (Wildman–Crippen LogP) is 3.80. The molecule has 20 heteroatoms. The van der Waals surface area contributed by atoms with Crippen LogP contribution in [-0.2, 0) is 621 Å². The summed E-state index contributed by atoms with van der Waals surface area (Å²) in [6.07, 6.45) is 1.19. The van der Waals surface area contributed by atoms with Crippen LogP contribution >= 0.6 is 0 Å². The molecule has 0 fully saturated rings. The Balaban J connectivity index is -0.00000000294.